The lowest BCUT2D eigenvalue weighted by Crippen LogP contribution is -2.38. The van der Waals surface area contributed by atoms with E-state index < -0.39 is 0 Å². The fourth-order valence-electron chi connectivity index (χ4n) is 2.82. The van der Waals surface area contributed by atoms with Crippen molar-refractivity contribution in [3.8, 4) is 0 Å². The second-order valence-electron chi connectivity index (χ2n) is 5.99. The molecule has 134 valence electrons. The lowest BCUT2D eigenvalue weighted by molar-refractivity contribution is -0.117. The molecule has 0 saturated heterocycles. The van der Waals surface area contributed by atoms with Crippen LogP contribution in [0.5, 0.6) is 0 Å². The number of carbonyl (C=O) groups excluding carboxylic acids is 1. The van der Waals surface area contributed by atoms with E-state index in [9.17, 15) is 9.90 Å². The Hall–Kier alpha value is -2.27. The van der Waals surface area contributed by atoms with Gasteiger partial charge < -0.3 is 15.4 Å². The minimum Gasteiger partial charge on any atom is -0.394 e. The zero-order valence-corrected chi connectivity index (χ0v) is 15.4. The highest BCUT2D eigenvalue weighted by molar-refractivity contribution is 6.34. The third kappa shape index (κ3) is 4.67. The Balaban J connectivity index is 1.65. The van der Waals surface area contributed by atoms with Crippen molar-refractivity contribution in [3.05, 3.63) is 75.9 Å². The fraction of sp³-hybridized carbons (Fsp3) is 0.150. The Morgan fingerprint density at radius 3 is 2.65 bits per heavy atom. The summed E-state index contributed by atoms with van der Waals surface area (Å²) in [5, 5.41) is 14.5. The normalized spacial score (nSPS) is 12.6. The van der Waals surface area contributed by atoms with E-state index in [1.54, 1.807) is 24.3 Å². The second-order valence-corrected chi connectivity index (χ2v) is 6.86. The number of aliphatic hydroxyl groups excluding tert-OH is 1. The molecule has 0 aliphatic rings. The SMILES string of the molecule is O=C(/C=C/c1cc(Cl)cc(Cl)c1)NC(CO)Cc1c[nH]c2ccccc12. The predicted octanol–water partition coefficient (Wildman–Crippen LogP) is 4.21. The highest BCUT2D eigenvalue weighted by atomic mass is 35.5. The van der Waals surface area contributed by atoms with Crippen molar-refractivity contribution in [1.29, 1.82) is 0 Å². The van der Waals surface area contributed by atoms with Crippen LogP contribution in [0.4, 0.5) is 0 Å². The van der Waals surface area contributed by atoms with Gasteiger partial charge in [-0.1, -0.05) is 41.4 Å². The van der Waals surface area contributed by atoms with Gasteiger partial charge in [0.2, 0.25) is 5.91 Å². The number of hydrogen-bond donors (Lipinski definition) is 3. The minimum absolute atomic E-state index is 0.151. The summed E-state index contributed by atoms with van der Waals surface area (Å²) in [6.45, 7) is -0.151. The number of carbonyl (C=O) groups is 1. The van der Waals surface area contributed by atoms with Crippen molar-refractivity contribution in [3.63, 3.8) is 0 Å². The molecule has 3 N–H and O–H groups in total. The molecular weight excluding hydrogens is 371 g/mol. The van der Waals surface area contributed by atoms with Crippen molar-refractivity contribution in [2.45, 2.75) is 12.5 Å². The summed E-state index contributed by atoms with van der Waals surface area (Å²) < 4.78 is 0. The molecule has 0 spiro atoms. The second kappa shape index (κ2) is 8.41. The van der Waals surface area contributed by atoms with Crippen LogP contribution < -0.4 is 5.32 Å². The standard InChI is InChI=1S/C20H18Cl2N2O2/c21-15-7-13(8-16(22)10-15)5-6-20(26)24-17(12-25)9-14-11-23-19-4-2-1-3-18(14)19/h1-8,10-11,17,23,25H,9,12H2,(H,24,26)/b6-5+. The van der Waals surface area contributed by atoms with Crippen LogP contribution in [0.1, 0.15) is 11.1 Å². The zero-order chi connectivity index (χ0) is 18.5. The third-order valence-corrected chi connectivity index (χ3v) is 4.46. The molecule has 1 heterocycles. The number of halogens is 2. The summed E-state index contributed by atoms with van der Waals surface area (Å²) in [4.78, 5) is 15.4. The molecule has 4 nitrogen and oxygen atoms in total. The molecule has 3 rings (SSSR count). The molecule has 0 saturated carbocycles. The first-order valence-corrected chi connectivity index (χ1v) is 8.91. The van der Waals surface area contributed by atoms with Crippen LogP contribution in [0.15, 0.2) is 54.7 Å². The number of hydrogen-bond acceptors (Lipinski definition) is 2. The Morgan fingerprint density at radius 1 is 1.19 bits per heavy atom. The van der Waals surface area contributed by atoms with E-state index in [0.717, 1.165) is 22.0 Å². The number of H-pyrrole nitrogens is 1. The summed E-state index contributed by atoms with van der Waals surface area (Å²) in [6, 6.07) is 12.6. The van der Waals surface area contributed by atoms with Crippen LogP contribution in [0.2, 0.25) is 10.0 Å². The number of benzene rings is 2. The molecular formula is C20H18Cl2N2O2. The van der Waals surface area contributed by atoms with E-state index in [-0.39, 0.29) is 18.6 Å². The van der Waals surface area contributed by atoms with Gasteiger partial charge in [-0.05, 0) is 47.9 Å². The molecule has 1 aromatic heterocycles. The Bertz CT molecular complexity index is 930. The van der Waals surface area contributed by atoms with Gasteiger partial charge in [-0.25, -0.2) is 0 Å². The van der Waals surface area contributed by atoms with Gasteiger partial charge in [0.1, 0.15) is 0 Å². The van der Waals surface area contributed by atoms with Crippen molar-refractivity contribution in [2.24, 2.45) is 0 Å². The molecule has 1 atom stereocenters. The van der Waals surface area contributed by atoms with Crippen molar-refractivity contribution in [2.75, 3.05) is 6.61 Å². The number of aromatic nitrogens is 1. The van der Waals surface area contributed by atoms with Gasteiger partial charge in [0.25, 0.3) is 0 Å². The maximum atomic E-state index is 12.2. The van der Waals surface area contributed by atoms with Crippen LogP contribution in [0.25, 0.3) is 17.0 Å². The van der Waals surface area contributed by atoms with Crippen molar-refractivity contribution >= 4 is 46.1 Å². The van der Waals surface area contributed by atoms with E-state index in [1.165, 1.54) is 6.08 Å². The first kappa shape index (κ1) is 18.5. The third-order valence-electron chi connectivity index (χ3n) is 4.02. The number of para-hydroxylation sites is 1. The maximum absolute atomic E-state index is 12.2. The van der Waals surface area contributed by atoms with Crippen LogP contribution >= 0.6 is 23.2 Å². The van der Waals surface area contributed by atoms with Gasteiger partial charge in [0.05, 0.1) is 12.6 Å². The van der Waals surface area contributed by atoms with E-state index >= 15 is 0 Å². The molecule has 0 bridgehead atoms. The van der Waals surface area contributed by atoms with Crippen LogP contribution in [-0.4, -0.2) is 28.6 Å². The predicted molar refractivity (Wildman–Crippen MR) is 107 cm³/mol. The minimum atomic E-state index is -0.380. The maximum Gasteiger partial charge on any atom is 0.244 e. The summed E-state index contributed by atoms with van der Waals surface area (Å²) in [6.07, 6.45) is 5.47. The first-order valence-electron chi connectivity index (χ1n) is 8.15. The fourth-order valence-corrected chi connectivity index (χ4v) is 3.36. The molecule has 1 unspecified atom stereocenters. The zero-order valence-electron chi connectivity index (χ0n) is 13.9. The first-order chi connectivity index (χ1) is 12.5. The number of aliphatic hydroxyl groups is 1. The summed E-state index contributed by atoms with van der Waals surface area (Å²) in [5.74, 6) is -0.292. The Labute approximate surface area is 161 Å². The van der Waals surface area contributed by atoms with Gasteiger partial charge >= 0.3 is 0 Å². The number of aromatic amines is 1. The largest absolute Gasteiger partial charge is 0.394 e. The van der Waals surface area contributed by atoms with E-state index in [0.29, 0.717) is 16.5 Å². The smallest absolute Gasteiger partial charge is 0.244 e. The van der Waals surface area contributed by atoms with Crippen molar-refractivity contribution in [1.82, 2.24) is 10.3 Å². The molecule has 0 aliphatic heterocycles. The topological polar surface area (TPSA) is 65.1 Å². The molecule has 0 fully saturated rings. The average molecular weight is 389 g/mol. The van der Waals surface area contributed by atoms with Crippen LogP contribution in [-0.2, 0) is 11.2 Å². The van der Waals surface area contributed by atoms with Gasteiger partial charge in [-0.3, -0.25) is 4.79 Å². The number of fused-ring (bicyclic) bond motifs is 1. The van der Waals surface area contributed by atoms with Crippen LogP contribution in [0.3, 0.4) is 0 Å². The van der Waals surface area contributed by atoms with Crippen molar-refractivity contribution < 1.29 is 9.90 Å². The lowest BCUT2D eigenvalue weighted by atomic mass is 10.1. The lowest BCUT2D eigenvalue weighted by Gasteiger charge is -2.14. The summed E-state index contributed by atoms with van der Waals surface area (Å²) >= 11 is 11.9. The molecule has 2 aromatic carbocycles. The number of rotatable bonds is 6. The van der Waals surface area contributed by atoms with E-state index in [2.05, 4.69) is 10.3 Å². The Morgan fingerprint density at radius 2 is 1.92 bits per heavy atom. The molecule has 0 aliphatic carbocycles. The van der Waals surface area contributed by atoms with Gasteiger partial charge in [-0.15, -0.1) is 0 Å². The molecule has 3 aromatic rings. The van der Waals surface area contributed by atoms with Gasteiger partial charge in [-0.2, -0.15) is 0 Å². The molecule has 6 heteroatoms. The average Bonchev–Trinajstić information content (AvgIpc) is 3.02. The number of amides is 1. The quantitative estimate of drug-likeness (QED) is 0.553. The highest BCUT2D eigenvalue weighted by Gasteiger charge is 2.13. The van der Waals surface area contributed by atoms with Gasteiger partial charge in [0, 0.05) is 33.2 Å². The molecule has 0 radical (unpaired) electrons. The van der Waals surface area contributed by atoms with E-state index in [4.69, 9.17) is 23.2 Å². The van der Waals surface area contributed by atoms with Crippen LogP contribution in [0, 0.1) is 0 Å². The monoisotopic (exact) mass is 388 g/mol. The Kier molecular flexibility index (Phi) is 5.99. The summed E-state index contributed by atoms with van der Waals surface area (Å²) in [7, 11) is 0. The van der Waals surface area contributed by atoms with E-state index in [1.807, 2.05) is 30.5 Å². The number of nitrogens with one attached hydrogen (secondary N) is 2. The summed E-state index contributed by atoms with van der Waals surface area (Å²) in [5.41, 5.74) is 2.81. The highest BCUT2D eigenvalue weighted by Crippen LogP contribution is 2.20. The van der Waals surface area contributed by atoms with Gasteiger partial charge in [0.15, 0.2) is 0 Å². The molecule has 26 heavy (non-hydrogen) atoms. The molecule has 1 amide bonds.